The number of benzene rings is 2. The Labute approximate surface area is 182 Å². The van der Waals surface area contributed by atoms with E-state index in [-0.39, 0.29) is 23.8 Å². The Bertz CT molecular complexity index is 1060. The highest BCUT2D eigenvalue weighted by molar-refractivity contribution is 5.85. The molecule has 2 aromatic carbocycles. The van der Waals surface area contributed by atoms with Gasteiger partial charge in [-0.05, 0) is 68.6 Å². The van der Waals surface area contributed by atoms with Gasteiger partial charge < -0.3 is 9.15 Å². The van der Waals surface area contributed by atoms with E-state index in [1.807, 2.05) is 37.3 Å². The molecule has 0 bridgehead atoms. The van der Waals surface area contributed by atoms with Crippen molar-refractivity contribution in [1.29, 1.82) is 0 Å². The first kappa shape index (κ1) is 22.3. The van der Waals surface area contributed by atoms with Crippen LogP contribution in [0.1, 0.15) is 29.5 Å². The standard InChI is InChI=1S/C24H26FNO3.ClH/c1-16-17(2)24(27)29-23-12-21(9-10-22(16)23)28-15-19-4-3-11-26(14-19)13-18-5-7-20(25)8-6-18;/h5-10,12,19H,3-4,11,13-15H2,1-2H3;1H. The minimum atomic E-state index is -0.295. The quantitative estimate of drug-likeness (QED) is 0.516. The minimum Gasteiger partial charge on any atom is -0.493 e. The predicted molar refractivity (Wildman–Crippen MR) is 119 cm³/mol. The Hall–Kier alpha value is -2.37. The third-order valence-electron chi connectivity index (χ3n) is 5.84. The first-order chi connectivity index (χ1) is 14.0. The van der Waals surface area contributed by atoms with Gasteiger partial charge in [0.2, 0.25) is 0 Å². The largest absolute Gasteiger partial charge is 0.493 e. The summed E-state index contributed by atoms with van der Waals surface area (Å²) in [6.45, 7) is 7.18. The fourth-order valence-corrected chi connectivity index (χ4v) is 4.01. The van der Waals surface area contributed by atoms with E-state index in [1.165, 1.54) is 12.1 Å². The average molecular weight is 432 g/mol. The van der Waals surface area contributed by atoms with Crippen LogP contribution in [0.15, 0.2) is 51.7 Å². The molecule has 1 saturated heterocycles. The van der Waals surface area contributed by atoms with Crippen molar-refractivity contribution in [2.75, 3.05) is 19.7 Å². The number of halogens is 2. The molecule has 1 aromatic heterocycles. The summed E-state index contributed by atoms with van der Waals surface area (Å²) in [6.07, 6.45) is 2.25. The highest BCUT2D eigenvalue weighted by atomic mass is 35.5. The van der Waals surface area contributed by atoms with Gasteiger partial charge in [0.05, 0.1) is 6.61 Å². The van der Waals surface area contributed by atoms with Crippen LogP contribution in [-0.2, 0) is 6.54 Å². The normalized spacial score (nSPS) is 17.0. The lowest BCUT2D eigenvalue weighted by molar-refractivity contribution is 0.125. The van der Waals surface area contributed by atoms with Gasteiger partial charge in [0.25, 0.3) is 0 Å². The Morgan fingerprint density at radius 1 is 1.13 bits per heavy atom. The molecule has 0 aliphatic carbocycles. The third-order valence-corrected chi connectivity index (χ3v) is 5.84. The second kappa shape index (κ2) is 9.63. The smallest absolute Gasteiger partial charge is 0.339 e. The molecule has 1 fully saturated rings. The molecule has 1 aliphatic rings. The van der Waals surface area contributed by atoms with Crippen molar-refractivity contribution >= 4 is 23.4 Å². The number of likely N-dealkylation sites (tertiary alicyclic amines) is 1. The van der Waals surface area contributed by atoms with Crippen molar-refractivity contribution in [2.24, 2.45) is 5.92 Å². The number of piperidine rings is 1. The number of hydrogen-bond donors (Lipinski definition) is 0. The summed E-state index contributed by atoms with van der Waals surface area (Å²) in [5, 5.41) is 0.942. The Balaban J connectivity index is 0.00000256. The molecule has 4 nitrogen and oxygen atoms in total. The van der Waals surface area contributed by atoms with Crippen LogP contribution in [0.4, 0.5) is 4.39 Å². The first-order valence-corrected chi connectivity index (χ1v) is 10.1. The summed E-state index contributed by atoms with van der Waals surface area (Å²) in [7, 11) is 0. The lowest BCUT2D eigenvalue weighted by Crippen LogP contribution is -2.37. The van der Waals surface area contributed by atoms with E-state index in [2.05, 4.69) is 4.90 Å². The van der Waals surface area contributed by atoms with Gasteiger partial charge in [-0.25, -0.2) is 9.18 Å². The molecular formula is C24H27ClFNO3. The minimum absolute atomic E-state index is 0. The molecule has 6 heteroatoms. The lowest BCUT2D eigenvalue weighted by atomic mass is 9.98. The maximum Gasteiger partial charge on any atom is 0.339 e. The van der Waals surface area contributed by atoms with Crippen molar-refractivity contribution in [3.63, 3.8) is 0 Å². The monoisotopic (exact) mass is 431 g/mol. The molecule has 0 radical (unpaired) electrons. The summed E-state index contributed by atoms with van der Waals surface area (Å²) < 4.78 is 24.6. The molecule has 0 amide bonds. The summed E-state index contributed by atoms with van der Waals surface area (Å²) in [4.78, 5) is 14.3. The van der Waals surface area contributed by atoms with Gasteiger partial charge in [-0.15, -0.1) is 12.4 Å². The van der Waals surface area contributed by atoms with E-state index < -0.39 is 0 Å². The van der Waals surface area contributed by atoms with Gasteiger partial charge in [0.1, 0.15) is 17.1 Å². The van der Waals surface area contributed by atoms with Gasteiger partial charge in [0.15, 0.2) is 0 Å². The van der Waals surface area contributed by atoms with Gasteiger partial charge >= 0.3 is 5.63 Å². The molecule has 4 rings (SSSR count). The second-order valence-corrected chi connectivity index (χ2v) is 7.98. The number of rotatable bonds is 5. The van der Waals surface area contributed by atoms with E-state index in [9.17, 15) is 9.18 Å². The van der Waals surface area contributed by atoms with Crippen LogP contribution in [0, 0.1) is 25.6 Å². The van der Waals surface area contributed by atoms with Crippen molar-refractivity contribution in [2.45, 2.75) is 33.2 Å². The van der Waals surface area contributed by atoms with E-state index in [4.69, 9.17) is 9.15 Å². The molecule has 1 aliphatic heterocycles. The van der Waals surface area contributed by atoms with Gasteiger partial charge in [-0.3, -0.25) is 4.90 Å². The molecule has 0 spiro atoms. The topological polar surface area (TPSA) is 42.7 Å². The number of fused-ring (bicyclic) bond motifs is 1. The predicted octanol–water partition coefficient (Wildman–Crippen LogP) is 5.26. The zero-order valence-electron chi connectivity index (χ0n) is 17.3. The zero-order chi connectivity index (χ0) is 20.4. The van der Waals surface area contributed by atoms with E-state index in [0.29, 0.717) is 23.7 Å². The molecule has 0 N–H and O–H groups in total. The Morgan fingerprint density at radius 3 is 2.67 bits per heavy atom. The molecule has 0 saturated carbocycles. The van der Waals surface area contributed by atoms with E-state index >= 15 is 0 Å². The maximum absolute atomic E-state index is 13.1. The van der Waals surface area contributed by atoms with Crippen LogP contribution >= 0.6 is 12.4 Å². The van der Waals surface area contributed by atoms with Crippen molar-refractivity contribution < 1.29 is 13.5 Å². The number of hydrogen-bond acceptors (Lipinski definition) is 4. The van der Waals surface area contributed by atoms with Gasteiger partial charge in [-0.1, -0.05) is 12.1 Å². The van der Waals surface area contributed by atoms with Crippen LogP contribution in [0.2, 0.25) is 0 Å². The number of nitrogens with zero attached hydrogens (tertiary/aromatic N) is 1. The van der Waals surface area contributed by atoms with Crippen LogP contribution < -0.4 is 10.4 Å². The van der Waals surface area contributed by atoms with Crippen LogP contribution in [0.25, 0.3) is 11.0 Å². The van der Waals surface area contributed by atoms with Gasteiger partial charge in [-0.2, -0.15) is 0 Å². The van der Waals surface area contributed by atoms with Crippen molar-refractivity contribution in [3.05, 3.63) is 75.4 Å². The Morgan fingerprint density at radius 2 is 1.90 bits per heavy atom. The fraction of sp³-hybridized carbons (Fsp3) is 0.375. The lowest BCUT2D eigenvalue weighted by Gasteiger charge is -2.32. The van der Waals surface area contributed by atoms with Crippen LogP contribution in [0.3, 0.4) is 0 Å². The molecule has 30 heavy (non-hydrogen) atoms. The van der Waals surface area contributed by atoms with Crippen molar-refractivity contribution in [1.82, 2.24) is 4.90 Å². The first-order valence-electron chi connectivity index (χ1n) is 10.1. The average Bonchev–Trinajstić information content (AvgIpc) is 2.72. The van der Waals surface area contributed by atoms with Crippen LogP contribution in [-0.4, -0.2) is 24.6 Å². The number of ether oxygens (including phenoxy) is 1. The summed E-state index contributed by atoms with van der Waals surface area (Å²) in [5.74, 6) is 0.960. The zero-order valence-corrected chi connectivity index (χ0v) is 18.1. The fourth-order valence-electron chi connectivity index (χ4n) is 4.01. The highest BCUT2D eigenvalue weighted by Crippen LogP contribution is 2.25. The maximum atomic E-state index is 13.1. The molecule has 3 aromatic rings. The summed E-state index contributed by atoms with van der Waals surface area (Å²) >= 11 is 0. The molecule has 2 heterocycles. The van der Waals surface area contributed by atoms with Crippen molar-refractivity contribution in [3.8, 4) is 5.75 Å². The van der Waals surface area contributed by atoms with E-state index in [1.54, 1.807) is 6.92 Å². The highest BCUT2D eigenvalue weighted by Gasteiger charge is 2.21. The van der Waals surface area contributed by atoms with E-state index in [0.717, 1.165) is 54.7 Å². The summed E-state index contributed by atoms with van der Waals surface area (Å²) in [6, 6.07) is 12.4. The molecule has 1 atom stereocenters. The molecular weight excluding hydrogens is 405 g/mol. The second-order valence-electron chi connectivity index (χ2n) is 7.98. The summed E-state index contributed by atoms with van der Waals surface area (Å²) in [5.41, 5.74) is 3.00. The Kier molecular flexibility index (Phi) is 7.16. The SMILES string of the molecule is Cc1c(C)c2ccc(OCC3CCCN(Cc4ccc(F)cc4)C3)cc2oc1=O.Cl. The molecule has 1 unspecified atom stereocenters. The van der Waals surface area contributed by atoms with Gasteiger partial charge in [0, 0.05) is 36.0 Å². The third kappa shape index (κ3) is 5.02. The van der Waals surface area contributed by atoms with Crippen LogP contribution in [0.5, 0.6) is 5.75 Å². The molecule has 160 valence electrons. The number of aryl methyl sites for hydroxylation is 1.